The molecular formula is C22H19N3O4. The molecular weight excluding hydrogens is 370 g/mol. The average molecular weight is 389 g/mol. The second-order valence-electron chi connectivity index (χ2n) is 6.25. The minimum absolute atomic E-state index is 0.0340. The number of pyridine rings is 1. The van der Waals surface area contributed by atoms with Crippen LogP contribution in [0.1, 0.15) is 15.9 Å². The third-order valence-corrected chi connectivity index (χ3v) is 4.16. The van der Waals surface area contributed by atoms with E-state index in [1.165, 1.54) is 0 Å². The molecule has 0 aliphatic rings. The zero-order valence-electron chi connectivity index (χ0n) is 15.5. The van der Waals surface area contributed by atoms with Crippen molar-refractivity contribution in [2.75, 3.05) is 6.54 Å². The number of hydrogen-bond acceptors (Lipinski definition) is 4. The zero-order chi connectivity index (χ0) is 20.6. The number of nitrogens with zero attached hydrogens (tertiary/aromatic N) is 2. The summed E-state index contributed by atoms with van der Waals surface area (Å²) < 4.78 is 0. The van der Waals surface area contributed by atoms with Crippen molar-refractivity contribution in [3.8, 4) is 11.1 Å². The lowest BCUT2D eigenvalue weighted by Gasteiger charge is -2.21. The molecule has 29 heavy (non-hydrogen) atoms. The fourth-order valence-electron chi connectivity index (χ4n) is 2.77. The molecule has 1 heterocycles. The molecule has 1 aromatic heterocycles. The van der Waals surface area contributed by atoms with Crippen LogP contribution >= 0.6 is 0 Å². The first-order valence-corrected chi connectivity index (χ1v) is 8.90. The van der Waals surface area contributed by atoms with Gasteiger partial charge in [-0.3, -0.25) is 19.5 Å². The second kappa shape index (κ2) is 9.27. The fourth-order valence-corrected chi connectivity index (χ4v) is 2.77. The number of aliphatic carboxylic acids is 1. The third-order valence-electron chi connectivity index (χ3n) is 4.16. The molecule has 7 heteroatoms. The maximum Gasteiger partial charge on any atom is 0.325 e. The molecule has 7 nitrogen and oxygen atoms in total. The fraction of sp³-hybridized carbons (Fsp3) is 0.0909. The van der Waals surface area contributed by atoms with Crippen molar-refractivity contribution in [1.29, 1.82) is 0 Å². The van der Waals surface area contributed by atoms with Gasteiger partial charge >= 0.3 is 12.0 Å². The summed E-state index contributed by atoms with van der Waals surface area (Å²) >= 11 is 0. The van der Waals surface area contributed by atoms with Crippen LogP contribution in [0.3, 0.4) is 0 Å². The molecule has 0 saturated carbocycles. The Kier molecular flexibility index (Phi) is 6.32. The molecule has 3 aromatic rings. The molecule has 0 atom stereocenters. The van der Waals surface area contributed by atoms with E-state index in [0.29, 0.717) is 11.1 Å². The van der Waals surface area contributed by atoms with Gasteiger partial charge in [-0.2, -0.15) is 0 Å². The van der Waals surface area contributed by atoms with Crippen LogP contribution in [0.5, 0.6) is 0 Å². The predicted octanol–water partition coefficient (Wildman–Crippen LogP) is 3.19. The summed E-state index contributed by atoms with van der Waals surface area (Å²) in [7, 11) is 0. The highest BCUT2D eigenvalue weighted by Crippen LogP contribution is 2.21. The highest BCUT2D eigenvalue weighted by atomic mass is 16.4. The summed E-state index contributed by atoms with van der Waals surface area (Å²) in [5.41, 5.74) is 2.74. The first kappa shape index (κ1) is 19.8. The Morgan fingerprint density at radius 1 is 0.931 bits per heavy atom. The van der Waals surface area contributed by atoms with Crippen LogP contribution in [0.15, 0.2) is 79.1 Å². The minimum atomic E-state index is -1.20. The Bertz CT molecular complexity index is 1010. The third kappa shape index (κ3) is 5.26. The van der Waals surface area contributed by atoms with Crippen LogP contribution in [0.4, 0.5) is 4.79 Å². The van der Waals surface area contributed by atoms with Crippen molar-refractivity contribution in [3.63, 3.8) is 0 Å². The van der Waals surface area contributed by atoms with Crippen LogP contribution in [0, 0.1) is 0 Å². The SMILES string of the molecule is O=C(O)CNC(=O)N(Cc1cccnc1)C(=O)c1cccc(-c2ccccc2)c1. The Labute approximate surface area is 167 Å². The summed E-state index contributed by atoms with van der Waals surface area (Å²) in [4.78, 5) is 41.4. The molecule has 2 aromatic carbocycles. The lowest BCUT2D eigenvalue weighted by molar-refractivity contribution is -0.135. The molecule has 0 aliphatic carbocycles. The van der Waals surface area contributed by atoms with Gasteiger partial charge in [-0.25, -0.2) is 4.79 Å². The molecule has 0 unspecified atom stereocenters. The molecule has 0 spiro atoms. The Morgan fingerprint density at radius 2 is 1.69 bits per heavy atom. The van der Waals surface area contributed by atoms with Crippen molar-refractivity contribution in [2.24, 2.45) is 0 Å². The monoisotopic (exact) mass is 389 g/mol. The van der Waals surface area contributed by atoms with Crippen LogP contribution < -0.4 is 5.32 Å². The molecule has 3 amide bonds. The van der Waals surface area contributed by atoms with E-state index in [1.54, 1.807) is 42.7 Å². The quantitative estimate of drug-likeness (QED) is 0.674. The Hall–Kier alpha value is -4.00. The standard InChI is InChI=1S/C22H19N3O4/c26-20(27)14-24-22(29)25(15-16-6-5-11-23-13-16)21(28)19-10-4-9-18(12-19)17-7-2-1-3-8-17/h1-13H,14-15H2,(H,24,29)(H,26,27). The number of imide groups is 1. The Balaban J connectivity index is 1.89. The van der Waals surface area contributed by atoms with E-state index in [4.69, 9.17) is 5.11 Å². The molecule has 0 bridgehead atoms. The molecule has 0 fully saturated rings. The smallest absolute Gasteiger partial charge is 0.325 e. The number of rotatable bonds is 6. The minimum Gasteiger partial charge on any atom is -0.480 e. The molecule has 146 valence electrons. The average Bonchev–Trinajstić information content (AvgIpc) is 2.77. The summed E-state index contributed by atoms with van der Waals surface area (Å²) in [6, 6.07) is 19.2. The highest BCUT2D eigenvalue weighted by molar-refractivity contribution is 6.05. The predicted molar refractivity (Wildman–Crippen MR) is 107 cm³/mol. The van der Waals surface area contributed by atoms with E-state index in [-0.39, 0.29) is 6.54 Å². The molecule has 0 radical (unpaired) electrons. The summed E-state index contributed by atoms with van der Waals surface area (Å²) in [5.74, 6) is -1.73. The highest BCUT2D eigenvalue weighted by Gasteiger charge is 2.24. The first-order valence-electron chi connectivity index (χ1n) is 8.90. The van der Waals surface area contributed by atoms with E-state index in [9.17, 15) is 14.4 Å². The van der Waals surface area contributed by atoms with Crippen LogP contribution in [-0.4, -0.2) is 39.4 Å². The number of aromatic nitrogens is 1. The van der Waals surface area contributed by atoms with Crippen molar-refractivity contribution in [1.82, 2.24) is 15.2 Å². The first-order chi connectivity index (χ1) is 14.0. The zero-order valence-corrected chi connectivity index (χ0v) is 15.5. The van der Waals surface area contributed by atoms with Gasteiger partial charge in [0.1, 0.15) is 6.54 Å². The lowest BCUT2D eigenvalue weighted by Crippen LogP contribution is -2.45. The van der Waals surface area contributed by atoms with E-state index in [0.717, 1.165) is 16.0 Å². The van der Waals surface area contributed by atoms with Crippen molar-refractivity contribution < 1.29 is 19.5 Å². The topological polar surface area (TPSA) is 99.6 Å². The van der Waals surface area contributed by atoms with Gasteiger partial charge in [-0.15, -0.1) is 0 Å². The lowest BCUT2D eigenvalue weighted by atomic mass is 10.0. The van der Waals surface area contributed by atoms with Gasteiger partial charge in [0.25, 0.3) is 5.91 Å². The van der Waals surface area contributed by atoms with Crippen molar-refractivity contribution in [3.05, 3.63) is 90.3 Å². The normalized spacial score (nSPS) is 10.2. The van der Waals surface area contributed by atoms with Gasteiger partial charge in [-0.05, 0) is 34.9 Å². The summed E-state index contributed by atoms with van der Waals surface area (Å²) in [6.45, 7) is -0.618. The maximum absolute atomic E-state index is 13.1. The largest absolute Gasteiger partial charge is 0.480 e. The van der Waals surface area contributed by atoms with E-state index in [2.05, 4.69) is 10.3 Å². The maximum atomic E-state index is 13.1. The van der Waals surface area contributed by atoms with Crippen LogP contribution in [-0.2, 0) is 11.3 Å². The number of carboxylic acid groups (broad SMARTS) is 1. The van der Waals surface area contributed by atoms with Crippen LogP contribution in [0.25, 0.3) is 11.1 Å². The van der Waals surface area contributed by atoms with Crippen molar-refractivity contribution >= 4 is 17.9 Å². The molecule has 0 saturated heterocycles. The van der Waals surface area contributed by atoms with Gasteiger partial charge < -0.3 is 10.4 Å². The number of amides is 3. The molecule has 0 aliphatic heterocycles. The number of benzene rings is 2. The van der Waals surface area contributed by atoms with Crippen LogP contribution in [0.2, 0.25) is 0 Å². The number of hydrogen-bond donors (Lipinski definition) is 2. The van der Waals surface area contributed by atoms with Gasteiger partial charge in [0.15, 0.2) is 0 Å². The van der Waals surface area contributed by atoms with Gasteiger partial charge in [0, 0.05) is 18.0 Å². The van der Waals surface area contributed by atoms with E-state index in [1.807, 2.05) is 36.4 Å². The Morgan fingerprint density at radius 3 is 2.38 bits per heavy atom. The number of carbonyl (C=O) groups excluding carboxylic acids is 2. The molecule has 2 N–H and O–H groups in total. The van der Waals surface area contributed by atoms with Gasteiger partial charge in [0.05, 0.1) is 6.54 Å². The number of carboxylic acids is 1. The number of carbonyl (C=O) groups is 3. The number of urea groups is 1. The van der Waals surface area contributed by atoms with Crippen molar-refractivity contribution in [2.45, 2.75) is 6.54 Å². The molecule has 3 rings (SSSR count). The number of nitrogens with one attached hydrogen (secondary N) is 1. The van der Waals surface area contributed by atoms with E-state index < -0.39 is 24.5 Å². The van der Waals surface area contributed by atoms with Gasteiger partial charge in [0.2, 0.25) is 0 Å². The summed E-state index contributed by atoms with van der Waals surface area (Å²) in [6.07, 6.45) is 3.13. The van der Waals surface area contributed by atoms with Gasteiger partial charge in [-0.1, -0.05) is 48.5 Å². The second-order valence-corrected chi connectivity index (χ2v) is 6.25. The van der Waals surface area contributed by atoms with E-state index >= 15 is 0 Å². The summed E-state index contributed by atoms with van der Waals surface area (Å²) in [5, 5.41) is 11.1.